The Hall–Kier alpha value is -2.56. The number of amides is 1. The van der Waals surface area contributed by atoms with Gasteiger partial charge in [0.25, 0.3) is 11.5 Å². The Morgan fingerprint density at radius 1 is 1.09 bits per heavy atom. The lowest BCUT2D eigenvalue weighted by atomic mass is 10.2. The van der Waals surface area contributed by atoms with E-state index in [9.17, 15) is 9.59 Å². The first-order valence-corrected chi connectivity index (χ1v) is 7.47. The Labute approximate surface area is 129 Å². The molecule has 0 aliphatic carbocycles. The zero-order valence-electron chi connectivity index (χ0n) is 12.6. The van der Waals surface area contributed by atoms with E-state index in [0.717, 1.165) is 13.1 Å². The number of aromatic nitrogens is 1. The Morgan fingerprint density at radius 3 is 2.45 bits per heavy atom. The first-order valence-electron chi connectivity index (χ1n) is 7.47. The zero-order valence-corrected chi connectivity index (χ0v) is 12.6. The van der Waals surface area contributed by atoms with Crippen LogP contribution in [-0.4, -0.2) is 23.6 Å². The van der Waals surface area contributed by atoms with Crippen molar-refractivity contribution in [3.05, 3.63) is 58.5 Å². The predicted octanol–water partition coefficient (Wildman–Crippen LogP) is 2.24. The zero-order chi connectivity index (χ0) is 15.5. The largest absolute Gasteiger partial charge is 0.372 e. The first kappa shape index (κ1) is 14.4. The molecule has 0 atom stereocenters. The van der Waals surface area contributed by atoms with Gasteiger partial charge in [-0.15, -0.1) is 0 Å². The summed E-state index contributed by atoms with van der Waals surface area (Å²) in [5, 5.41) is 2.77. The van der Waals surface area contributed by atoms with Gasteiger partial charge < -0.3 is 14.8 Å². The molecule has 0 radical (unpaired) electrons. The van der Waals surface area contributed by atoms with E-state index in [0.29, 0.717) is 5.69 Å². The van der Waals surface area contributed by atoms with Gasteiger partial charge in [-0.05, 0) is 49.2 Å². The van der Waals surface area contributed by atoms with Crippen molar-refractivity contribution < 1.29 is 4.79 Å². The summed E-state index contributed by atoms with van der Waals surface area (Å²) in [6.45, 7) is 2.18. The standard InChI is InChI=1S/C17H19N3O2/c1-19-10-4-5-15(17(19)22)16(21)18-13-6-8-14(9-7-13)20-11-2-3-12-20/h4-10H,2-3,11-12H2,1H3,(H,18,21). The van der Waals surface area contributed by atoms with Gasteiger partial charge in [0.05, 0.1) is 0 Å². The highest BCUT2D eigenvalue weighted by Gasteiger charge is 2.13. The summed E-state index contributed by atoms with van der Waals surface area (Å²) in [7, 11) is 1.63. The molecule has 1 N–H and O–H groups in total. The lowest BCUT2D eigenvalue weighted by molar-refractivity contribution is 0.102. The minimum absolute atomic E-state index is 0.147. The molecule has 2 heterocycles. The molecular weight excluding hydrogens is 278 g/mol. The Kier molecular flexibility index (Phi) is 3.96. The maximum absolute atomic E-state index is 12.2. The van der Waals surface area contributed by atoms with Gasteiger partial charge in [0.2, 0.25) is 0 Å². The second-order valence-electron chi connectivity index (χ2n) is 5.53. The molecular formula is C17H19N3O2. The van der Waals surface area contributed by atoms with Gasteiger partial charge in [0.1, 0.15) is 5.56 Å². The van der Waals surface area contributed by atoms with E-state index in [1.807, 2.05) is 24.3 Å². The molecule has 5 heteroatoms. The van der Waals surface area contributed by atoms with E-state index >= 15 is 0 Å². The molecule has 1 aromatic heterocycles. The molecule has 1 saturated heterocycles. The third-order valence-corrected chi connectivity index (χ3v) is 3.96. The number of nitrogens with one attached hydrogen (secondary N) is 1. The normalized spacial score (nSPS) is 14.1. The van der Waals surface area contributed by atoms with Crippen molar-refractivity contribution in [3.8, 4) is 0 Å². The second-order valence-corrected chi connectivity index (χ2v) is 5.53. The highest BCUT2D eigenvalue weighted by molar-refractivity contribution is 6.04. The number of aryl methyl sites for hydroxylation is 1. The molecule has 22 heavy (non-hydrogen) atoms. The summed E-state index contributed by atoms with van der Waals surface area (Å²) < 4.78 is 1.39. The van der Waals surface area contributed by atoms with Crippen LogP contribution in [-0.2, 0) is 7.05 Å². The summed E-state index contributed by atoms with van der Waals surface area (Å²) in [4.78, 5) is 26.4. The third-order valence-electron chi connectivity index (χ3n) is 3.96. The van der Waals surface area contributed by atoms with Crippen molar-refractivity contribution in [3.63, 3.8) is 0 Å². The lowest BCUT2D eigenvalue weighted by Gasteiger charge is -2.17. The highest BCUT2D eigenvalue weighted by Crippen LogP contribution is 2.22. The average Bonchev–Trinajstić information content (AvgIpc) is 3.05. The Morgan fingerprint density at radius 2 is 1.77 bits per heavy atom. The van der Waals surface area contributed by atoms with E-state index in [1.165, 1.54) is 29.2 Å². The minimum atomic E-state index is -0.380. The van der Waals surface area contributed by atoms with Gasteiger partial charge >= 0.3 is 0 Å². The van der Waals surface area contributed by atoms with Crippen molar-refractivity contribution in [1.82, 2.24) is 4.57 Å². The number of anilines is 2. The van der Waals surface area contributed by atoms with Crippen LogP contribution in [0.4, 0.5) is 11.4 Å². The summed E-state index contributed by atoms with van der Waals surface area (Å²) in [6, 6.07) is 11.0. The third kappa shape index (κ3) is 2.88. The fourth-order valence-corrected chi connectivity index (χ4v) is 2.70. The number of hydrogen-bond donors (Lipinski definition) is 1. The molecule has 5 nitrogen and oxygen atoms in total. The number of carbonyl (C=O) groups excluding carboxylic acids is 1. The molecule has 1 fully saturated rings. The van der Waals surface area contributed by atoms with Gasteiger partial charge in [-0.1, -0.05) is 0 Å². The van der Waals surface area contributed by atoms with Gasteiger partial charge in [-0.25, -0.2) is 0 Å². The van der Waals surface area contributed by atoms with Crippen molar-refractivity contribution in [2.75, 3.05) is 23.3 Å². The molecule has 0 unspecified atom stereocenters. The molecule has 1 aromatic carbocycles. The van der Waals surface area contributed by atoms with Crippen LogP contribution in [0.5, 0.6) is 0 Å². The Balaban J connectivity index is 1.74. The SMILES string of the molecule is Cn1cccc(C(=O)Nc2ccc(N3CCCC3)cc2)c1=O. The molecule has 1 aliphatic heterocycles. The van der Waals surface area contributed by atoms with Crippen LogP contribution in [0.25, 0.3) is 0 Å². The minimum Gasteiger partial charge on any atom is -0.372 e. The molecule has 0 saturated carbocycles. The van der Waals surface area contributed by atoms with Crippen LogP contribution in [0.15, 0.2) is 47.4 Å². The van der Waals surface area contributed by atoms with Crippen LogP contribution in [0, 0.1) is 0 Å². The maximum Gasteiger partial charge on any atom is 0.263 e. The maximum atomic E-state index is 12.2. The smallest absolute Gasteiger partial charge is 0.263 e. The van der Waals surface area contributed by atoms with Crippen molar-refractivity contribution >= 4 is 17.3 Å². The van der Waals surface area contributed by atoms with Crippen molar-refractivity contribution in [1.29, 1.82) is 0 Å². The predicted molar refractivity (Wildman–Crippen MR) is 87.5 cm³/mol. The lowest BCUT2D eigenvalue weighted by Crippen LogP contribution is -2.27. The van der Waals surface area contributed by atoms with Crippen molar-refractivity contribution in [2.24, 2.45) is 7.05 Å². The van der Waals surface area contributed by atoms with Crippen LogP contribution in [0.2, 0.25) is 0 Å². The van der Waals surface area contributed by atoms with E-state index in [-0.39, 0.29) is 17.0 Å². The van der Waals surface area contributed by atoms with Gasteiger partial charge in [0, 0.05) is 37.7 Å². The van der Waals surface area contributed by atoms with Crippen molar-refractivity contribution in [2.45, 2.75) is 12.8 Å². The van der Waals surface area contributed by atoms with Crippen LogP contribution in [0.3, 0.4) is 0 Å². The first-order chi connectivity index (χ1) is 10.6. The molecule has 1 amide bonds. The number of carbonyl (C=O) groups is 1. The fourth-order valence-electron chi connectivity index (χ4n) is 2.70. The fraction of sp³-hybridized carbons (Fsp3) is 0.294. The van der Waals surface area contributed by atoms with Crippen LogP contribution in [0.1, 0.15) is 23.2 Å². The number of rotatable bonds is 3. The molecule has 0 bridgehead atoms. The topological polar surface area (TPSA) is 54.3 Å². The number of benzene rings is 1. The van der Waals surface area contributed by atoms with Crippen LogP contribution >= 0.6 is 0 Å². The summed E-state index contributed by atoms with van der Waals surface area (Å²) >= 11 is 0. The number of pyridine rings is 1. The Bertz CT molecular complexity index is 728. The average molecular weight is 297 g/mol. The number of nitrogens with zero attached hydrogens (tertiary/aromatic N) is 2. The quantitative estimate of drug-likeness (QED) is 0.945. The molecule has 1 aliphatic rings. The van der Waals surface area contributed by atoms with E-state index in [1.54, 1.807) is 19.3 Å². The van der Waals surface area contributed by atoms with E-state index in [2.05, 4.69) is 10.2 Å². The van der Waals surface area contributed by atoms with Crippen LogP contribution < -0.4 is 15.8 Å². The van der Waals surface area contributed by atoms with E-state index in [4.69, 9.17) is 0 Å². The molecule has 3 rings (SSSR count). The monoisotopic (exact) mass is 297 g/mol. The second kappa shape index (κ2) is 6.05. The van der Waals surface area contributed by atoms with E-state index < -0.39 is 0 Å². The summed E-state index contributed by atoms with van der Waals surface area (Å²) in [6.07, 6.45) is 4.09. The van der Waals surface area contributed by atoms with Gasteiger partial charge in [-0.2, -0.15) is 0 Å². The molecule has 2 aromatic rings. The molecule has 0 spiro atoms. The van der Waals surface area contributed by atoms with Gasteiger partial charge in [0.15, 0.2) is 0 Å². The summed E-state index contributed by atoms with van der Waals surface area (Å²) in [5.74, 6) is -0.380. The number of hydrogen-bond acceptors (Lipinski definition) is 3. The van der Waals surface area contributed by atoms with Gasteiger partial charge in [-0.3, -0.25) is 9.59 Å². The summed E-state index contributed by atoms with van der Waals surface area (Å²) in [5.41, 5.74) is 1.72. The molecule has 114 valence electrons. The highest BCUT2D eigenvalue weighted by atomic mass is 16.2.